The Hall–Kier alpha value is -2.54. The lowest BCUT2D eigenvalue weighted by atomic mass is 10.2. The van der Waals surface area contributed by atoms with Gasteiger partial charge >= 0.3 is 0 Å². The number of nitriles is 1. The summed E-state index contributed by atoms with van der Waals surface area (Å²) >= 11 is 0. The average Bonchev–Trinajstić information content (AvgIpc) is 2.38. The highest BCUT2D eigenvalue weighted by Crippen LogP contribution is 2.24. The Labute approximate surface area is 99.4 Å². The lowest BCUT2D eigenvalue weighted by Gasteiger charge is -2.18. The minimum absolute atomic E-state index is 0.211. The van der Waals surface area contributed by atoms with Gasteiger partial charge in [-0.3, -0.25) is 0 Å². The van der Waals surface area contributed by atoms with Crippen molar-refractivity contribution in [3.63, 3.8) is 0 Å². The van der Waals surface area contributed by atoms with Crippen LogP contribution in [0, 0.1) is 11.3 Å². The molecule has 84 valence electrons. The van der Waals surface area contributed by atoms with Gasteiger partial charge in [0.15, 0.2) is 0 Å². The van der Waals surface area contributed by atoms with Crippen molar-refractivity contribution in [2.45, 2.75) is 0 Å². The molecule has 0 unspecified atom stereocenters. The lowest BCUT2D eigenvalue weighted by molar-refractivity contribution is 0.475. The first kappa shape index (κ1) is 11.0. The number of phenolic OH excluding ortho intramolecular Hbond substituents is 1. The van der Waals surface area contributed by atoms with Crippen LogP contribution in [0.5, 0.6) is 5.75 Å². The van der Waals surface area contributed by atoms with E-state index in [9.17, 15) is 5.11 Å². The van der Waals surface area contributed by atoms with Gasteiger partial charge in [0.1, 0.15) is 17.6 Å². The van der Waals surface area contributed by atoms with Gasteiger partial charge in [-0.1, -0.05) is 6.07 Å². The third-order valence-electron chi connectivity index (χ3n) is 2.44. The number of hydrogen-bond donors (Lipinski definition) is 1. The summed E-state index contributed by atoms with van der Waals surface area (Å²) in [5, 5.41) is 18.1. The minimum atomic E-state index is 0.211. The maximum atomic E-state index is 9.40. The van der Waals surface area contributed by atoms with E-state index in [0.29, 0.717) is 5.56 Å². The van der Waals surface area contributed by atoms with E-state index in [4.69, 9.17) is 5.26 Å². The standard InChI is InChI=1S/C13H11N3O/c1-16(11-3-2-4-12(17)7-11)13-6-5-10(8-14)9-15-13/h2-7,9,17H,1H3. The third kappa shape index (κ3) is 2.34. The fourth-order valence-electron chi connectivity index (χ4n) is 1.48. The smallest absolute Gasteiger partial charge is 0.132 e. The molecule has 1 aromatic carbocycles. The second kappa shape index (κ2) is 4.54. The van der Waals surface area contributed by atoms with Crippen molar-refractivity contribution < 1.29 is 5.11 Å². The molecule has 1 heterocycles. The Morgan fingerprint density at radius 2 is 2.12 bits per heavy atom. The number of phenols is 1. The molecule has 1 aromatic heterocycles. The van der Waals surface area contributed by atoms with E-state index in [0.717, 1.165) is 11.5 Å². The summed E-state index contributed by atoms with van der Waals surface area (Å²) < 4.78 is 0. The van der Waals surface area contributed by atoms with Gasteiger partial charge in [-0.2, -0.15) is 5.26 Å². The van der Waals surface area contributed by atoms with Crippen molar-refractivity contribution in [3.05, 3.63) is 48.2 Å². The van der Waals surface area contributed by atoms with Crippen LogP contribution >= 0.6 is 0 Å². The SMILES string of the molecule is CN(c1cccc(O)c1)c1ccc(C#N)cn1. The molecule has 1 N–H and O–H groups in total. The summed E-state index contributed by atoms with van der Waals surface area (Å²) in [5.74, 6) is 0.928. The maximum absolute atomic E-state index is 9.40. The second-order valence-electron chi connectivity index (χ2n) is 3.60. The van der Waals surface area contributed by atoms with Crippen molar-refractivity contribution >= 4 is 11.5 Å². The summed E-state index contributed by atoms with van der Waals surface area (Å²) in [4.78, 5) is 6.01. The molecule has 4 heteroatoms. The van der Waals surface area contributed by atoms with Crippen LogP contribution in [0.2, 0.25) is 0 Å². The van der Waals surface area contributed by atoms with Crippen LogP contribution < -0.4 is 4.90 Å². The molecule has 0 atom stereocenters. The molecular formula is C13H11N3O. The summed E-state index contributed by atoms with van der Waals surface area (Å²) in [6.07, 6.45) is 1.52. The zero-order valence-corrected chi connectivity index (χ0v) is 9.33. The number of anilines is 2. The zero-order chi connectivity index (χ0) is 12.3. The normalized spacial score (nSPS) is 9.65. The predicted octanol–water partition coefficient (Wildman–Crippen LogP) is 2.43. The highest BCUT2D eigenvalue weighted by molar-refractivity contribution is 5.60. The summed E-state index contributed by atoms with van der Waals surface area (Å²) in [6.45, 7) is 0. The van der Waals surface area contributed by atoms with Crippen molar-refractivity contribution in [2.75, 3.05) is 11.9 Å². The molecule has 0 bridgehead atoms. The molecule has 2 aromatic rings. The number of rotatable bonds is 2. The van der Waals surface area contributed by atoms with Gasteiger partial charge in [0.05, 0.1) is 5.56 Å². The zero-order valence-electron chi connectivity index (χ0n) is 9.33. The Bertz CT molecular complexity index is 558. The van der Waals surface area contributed by atoms with Crippen LogP contribution in [-0.4, -0.2) is 17.1 Å². The largest absolute Gasteiger partial charge is 0.508 e. The number of aromatic nitrogens is 1. The topological polar surface area (TPSA) is 60.1 Å². The number of nitrogens with zero attached hydrogens (tertiary/aromatic N) is 3. The van der Waals surface area contributed by atoms with E-state index in [2.05, 4.69) is 4.98 Å². The van der Waals surface area contributed by atoms with Gasteiger partial charge in [0, 0.05) is 25.0 Å². The van der Waals surface area contributed by atoms with Gasteiger partial charge in [-0.05, 0) is 24.3 Å². The van der Waals surface area contributed by atoms with Crippen LogP contribution in [0.3, 0.4) is 0 Å². The molecule has 0 aliphatic rings. The second-order valence-corrected chi connectivity index (χ2v) is 3.60. The Kier molecular flexibility index (Phi) is 2.93. The van der Waals surface area contributed by atoms with Gasteiger partial charge in [0.2, 0.25) is 0 Å². The van der Waals surface area contributed by atoms with Crippen LogP contribution in [0.4, 0.5) is 11.5 Å². The summed E-state index contributed by atoms with van der Waals surface area (Å²) in [5.41, 5.74) is 1.36. The molecule has 0 aliphatic carbocycles. The third-order valence-corrected chi connectivity index (χ3v) is 2.44. The van der Waals surface area contributed by atoms with Gasteiger partial charge in [0.25, 0.3) is 0 Å². The van der Waals surface area contributed by atoms with Gasteiger partial charge in [-0.15, -0.1) is 0 Å². The molecule has 0 radical (unpaired) electrons. The van der Waals surface area contributed by atoms with Crippen molar-refractivity contribution in [1.29, 1.82) is 5.26 Å². The molecule has 0 aliphatic heterocycles. The molecule has 4 nitrogen and oxygen atoms in total. The van der Waals surface area contributed by atoms with Crippen molar-refractivity contribution in [3.8, 4) is 11.8 Å². The monoisotopic (exact) mass is 225 g/mol. The Morgan fingerprint density at radius 3 is 2.71 bits per heavy atom. The highest BCUT2D eigenvalue weighted by atomic mass is 16.3. The average molecular weight is 225 g/mol. The first-order valence-corrected chi connectivity index (χ1v) is 5.09. The molecule has 0 saturated carbocycles. The van der Waals surface area contributed by atoms with Gasteiger partial charge in [-0.25, -0.2) is 4.98 Å². The van der Waals surface area contributed by atoms with E-state index in [-0.39, 0.29) is 5.75 Å². The van der Waals surface area contributed by atoms with E-state index in [1.807, 2.05) is 24.1 Å². The quantitative estimate of drug-likeness (QED) is 0.852. The van der Waals surface area contributed by atoms with Crippen molar-refractivity contribution in [1.82, 2.24) is 4.98 Å². The van der Waals surface area contributed by atoms with Crippen LogP contribution in [0.15, 0.2) is 42.6 Å². The highest BCUT2D eigenvalue weighted by Gasteiger charge is 2.05. The molecular weight excluding hydrogens is 214 g/mol. The molecule has 0 fully saturated rings. The Morgan fingerprint density at radius 1 is 1.29 bits per heavy atom. The van der Waals surface area contributed by atoms with E-state index in [1.165, 1.54) is 6.20 Å². The number of pyridine rings is 1. The fourth-order valence-corrected chi connectivity index (χ4v) is 1.48. The molecule has 17 heavy (non-hydrogen) atoms. The number of benzene rings is 1. The summed E-state index contributed by atoms with van der Waals surface area (Å²) in [7, 11) is 1.85. The minimum Gasteiger partial charge on any atom is -0.508 e. The van der Waals surface area contributed by atoms with E-state index < -0.39 is 0 Å². The van der Waals surface area contributed by atoms with Crippen LogP contribution in [0.1, 0.15) is 5.56 Å². The number of hydrogen-bond acceptors (Lipinski definition) is 4. The maximum Gasteiger partial charge on any atom is 0.132 e. The lowest BCUT2D eigenvalue weighted by Crippen LogP contribution is -2.10. The summed E-state index contributed by atoms with van der Waals surface area (Å²) in [6, 6.07) is 12.4. The molecule has 0 amide bonds. The molecule has 2 rings (SSSR count). The first-order valence-electron chi connectivity index (χ1n) is 5.09. The van der Waals surface area contributed by atoms with Gasteiger partial charge < -0.3 is 10.0 Å². The van der Waals surface area contributed by atoms with Crippen LogP contribution in [0.25, 0.3) is 0 Å². The predicted molar refractivity (Wildman–Crippen MR) is 65.1 cm³/mol. The number of aromatic hydroxyl groups is 1. The molecule has 0 saturated heterocycles. The first-order chi connectivity index (χ1) is 8.20. The Balaban J connectivity index is 2.30. The molecule has 0 spiro atoms. The van der Waals surface area contributed by atoms with E-state index >= 15 is 0 Å². The van der Waals surface area contributed by atoms with Crippen LogP contribution in [-0.2, 0) is 0 Å². The van der Waals surface area contributed by atoms with E-state index in [1.54, 1.807) is 30.3 Å². The van der Waals surface area contributed by atoms with Crippen molar-refractivity contribution in [2.24, 2.45) is 0 Å². The fraction of sp³-hybridized carbons (Fsp3) is 0.0769.